The third kappa shape index (κ3) is 4.06. The Labute approximate surface area is 176 Å². The van der Waals surface area contributed by atoms with E-state index in [-0.39, 0.29) is 12.0 Å². The Morgan fingerprint density at radius 1 is 1.17 bits per heavy atom. The summed E-state index contributed by atoms with van der Waals surface area (Å²) >= 11 is 5.63. The highest BCUT2D eigenvalue weighted by Gasteiger charge is 2.36. The molecule has 0 unspecified atom stereocenters. The molecule has 2 aromatic carbocycles. The van der Waals surface area contributed by atoms with Crippen LogP contribution in [-0.4, -0.2) is 50.0 Å². The summed E-state index contributed by atoms with van der Waals surface area (Å²) in [4.78, 5) is 14.6. The van der Waals surface area contributed by atoms with Gasteiger partial charge in [-0.15, -0.1) is 0 Å². The van der Waals surface area contributed by atoms with Gasteiger partial charge in [-0.25, -0.2) is 4.79 Å². The van der Waals surface area contributed by atoms with Crippen LogP contribution in [0.4, 0.5) is 0 Å². The molecule has 1 heterocycles. The minimum absolute atomic E-state index is 0.0234. The van der Waals surface area contributed by atoms with E-state index in [1.165, 1.54) is 7.11 Å². The van der Waals surface area contributed by atoms with Crippen LogP contribution in [0.25, 0.3) is 10.8 Å². The maximum atomic E-state index is 12.7. The van der Waals surface area contributed by atoms with Gasteiger partial charge >= 0.3 is 5.97 Å². The molecule has 0 aliphatic carbocycles. The Kier molecular flexibility index (Phi) is 6.39. The number of fused-ring (bicyclic) bond motifs is 1. The molecular formula is C22H26N2O4S. The van der Waals surface area contributed by atoms with E-state index in [2.05, 4.69) is 11.4 Å². The second kappa shape index (κ2) is 8.80. The molecule has 3 rings (SSSR count). The van der Waals surface area contributed by atoms with Crippen molar-refractivity contribution in [1.29, 1.82) is 0 Å². The number of methoxy groups -OCH3 is 3. The minimum Gasteiger partial charge on any atom is -0.497 e. The first-order valence-electron chi connectivity index (χ1n) is 9.36. The van der Waals surface area contributed by atoms with Crippen LogP contribution in [0.1, 0.15) is 25.5 Å². The van der Waals surface area contributed by atoms with Crippen LogP contribution in [0.15, 0.2) is 47.7 Å². The third-order valence-corrected chi connectivity index (χ3v) is 5.50. The van der Waals surface area contributed by atoms with Crippen LogP contribution in [0.5, 0.6) is 5.75 Å². The van der Waals surface area contributed by atoms with E-state index in [4.69, 9.17) is 26.4 Å². The molecule has 1 aliphatic heterocycles. The van der Waals surface area contributed by atoms with Crippen LogP contribution < -0.4 is 10.1 Å². The first kappa shape index (κ1) is 21.1. The van der Waals surface area contributed by atoms with Gasteiger partial charge in [0, 0.05) is 12.8 Å². The Bertz CT molecular complexity index is 972. The minimum atomic E-state index is -0.396. The van der Waals surface area contributed by atoms with Crippen molar-refractivity contribution < 1.29 is 19.0 Å². The van der Waals surface area contributed by atoms with Crippen molar-refractivity contribution in [2.24, 2.45) is 0 Å². The highest BCUT2D eigenvalue weighted by molar-refractivity contribution is 7.80. The molecule has 0 amide bonds. The van der Waals surface area contributed by atoms with E-state index in [0.717, 1.165) is 27.8 Å². The lowest BCUT2D eigenvalue weighted by Crippen LogP contribution is -2.52. The SMILES string of the molecule is COC[C@H](C)N1C(=S)N[C@@H](c2ccc3cc(OC)ccc3c2)C(C(=O)OC)=C1C. The summed E-state index contributed by atoms with van der Waals surface area (Å²) in [5.74, 6) is 0.419. The number of ether oxygens (including phenoxy) is 3. The van der Waals surface area contributed by atoms with Crippen LogP contribution in [0.3, 0.4) is 0 Å². The van der Waals surface area contributed by atoms with E-state index in [1.54, 1.807) is 14.2 Å². The lowest BCUT2D eigenvalue weighted by molar-refractivity contribution is -0.136. The lowest BCUT2D eigenvalue weighted by Gasteiger charge is -2.40. The van der Waals surface area contributed by atoms with Gasteiger partial charge in [0.25, 0.3) is 0 Å². The molecule has 1 N–H and O–H groups in total. The molecule has 29 heavy (non-hydrogen) atoms. The van der Waals surface area contributed by atoms with Gasteiger partial charge in [-0.2, -0.15) is 0 Å². The second-order valence-electron chi connectivity index (χ2n) is 7.02. The van der Waals surface area contributed by atoms with Crippen molar-refractivity contribution in [3.05, 3.63) is 53.2 Å². The number of hydrogen-bond acceptors (Lipinski definition) is 5. The molecule has 1 aliphatic rings. The highest BCUT2D eigenvalue weighted by Crippen LogP contribution is 2.34. The fourth-order valence-corrected chi connectivity index (χ4v) is 4.21. The second-order valence-corrected chi connectivity index (χ2v) is 7.41. The Hall–Kier alpha value is -2.64. The van der Waals surface area contributed by atoms with E-state index in [1.807, 2.05) is 49.1 Å². The molecule has 0 saturated heterocycles. The van der Waals surface area contributed by atoms with Gasteiger partial charge in [-0.05, 0) is 60.6 Å². The molecule has 2 aromatic rings. The number of esters is 1. The van der Waals surface area contributed by atoms with Gasteiger partial charge in [0.2, 0.25) is 0 Å². The van der Waals surface area contributed by atoms with Gasteiger partial charge in [-0.3, -0.25) is 0 Å². The molecule has 0 fully saturated rings. The standard InChI is InChI=1S/C22H26N2O4S/c1-13(12-26-3)24-14(2)19(21(25)28-5)20(23-22(24)29)17-7-6-16-11-18(27-4)9-8-15(16)10-17/h6-11,13,20H,12H2,1-5H3,(H,23,29)/t13-,20-/m0/s1. The molecule has 0 spiro atoms. The monoisotopic (exact) mass is 414 g/mol. The number of rotatable bonds is 6. The average molecular weight is 415 g/mol. The zero-order valence-corrected chi connectivity index (χ0v) is 18.1. The first-order valence-corrected chi connectivity index (χ1v) is 9.77. The third-order valence-electron chi connectivity index (χ3n) is 5.19. The number of carbonyl (C=O) groups is 1. The molecule has 7 heteroatoms. The van der Waals surface area contributed by atoms with Gasteiger partial charge in [0.1, 0.15) is 5.75 Å². The molecule has 154 valence electrons. The number of allylic oxidation sites excluding steroid dienone is 1. The van der Waals surface area contributed by atoms with Crippen molar-refractivity contribution in [1.82, 2.24) is 10.2 Å². The summed E-state index contributed by atoms with van der Waals surface area (Å²) in [6.45, 7) is 4.38. The fraction of sp³-hybridized carbons (Fsp3) is 0.364. The molecule has 0 saturated carbocycles. The summed E-state index contributed by atoms with van der Waals surface area (Å²) in [7, 11) is 4.68. The number of carbonyl (C=O) groups excluding carboxylic acids is 1. The molecule has 0 aromatic heterocycles. The summed E-state index contributed by atoms with van der Waals surface area (Å²) in [6.07, 6.45) is 0. The number of thiocarbonyl (C=S) groups is 1. The number of nitrogens with one attached hydrogen (secondary N) is 1. The topological polar surface area (TPSA) is 60.0 Å². The van der Waals surface area contributed by atoms with Gasteiger partial charge < -0.3 is 24.4 Å². The summed E-state index contributed by atoms with van der Waals surface area (Å²) < 4.78 is 15.7. The summed E-state index contributed by atoms with van der Waals surface area (Å²) in [6, 6.07) is 11.5. The lowest BCUT2D eigenvalue weighted by atomic mass is 9.93. The van der Waals surface area contributed by atoms with Crippen molar-refractivity contribution >= 4 is 34.1 Å². The van der Waals surface area contributed by atoms with Crippen LogP contribution >= 0.6 is 12.2 Å². The van der Waals surface area contributed by atoms with E-state index in [9.17, 15) is 4.79 Å². The molecule has 6 nitrogen and oxygen atoms in total. The van der Waals surface area contributed by atoms with Crippen molar-refractivity contribution in [2.45, 2.75) is 25.9 Å². The molecular weight excluding hydrogens is 388 g/mol. The number of hydrogen-bond donors (Lipinski definition) is 1. The molecule has 0 radical (unpaired) electrons. The maximum Gasteiger partial charge on any atom is 0.337 e. The number of nitrogens with zero attached hydrogens (tertiary/aromatic N) is 1. The van der Waals surface area contributed by atoms with Crippen LogP contribution in [-0.2, 0) is 14.3 Å². The Balaban J connectivity index is 2.08. The smallest absolute Gasteiger partial charge is 0.337 e. The predicted octanol–water partition coefficient (Wildman–Crippen LogP) is 3.56. The fourth-order valence-electron chi connectivity index (χ4n) is 3.78. The largest absolute Gasteiger partial charge is 0.497 e. The van der Waals surface area contributed by atoms with Gasteiger partial charge in [0.05, 0.1) is 38.5 Å². The van der Waals surface area contributed by atoms with Gasteiger partial charge in [0.15, 0.2) is 5.11 Å². The summed E-state index contributed by atoms with van der Waals surface area (Å²) in [5.41, 5.74) is 2.24. The average Bonchev–Trinajstić information content (AvgIpc) is 2.72. The normalized spacial score (nSPS) is 17.9. The van der Waals surface area contributed by atoms with Crippen LogP contribution in [0.2, 0.25) is 0 Å². The van der Waals surface area contributed by atoms with E-state index >= 15 is 0 Å². The maximum absolute atomic E-state index is 12.7. The molecule has 0 bridgehead atoms. The Morgan fingerprint density at radius 2 is 1.86 bits per heavy atom. The zero-order chi connectivity index (χ0) is 21.1. The number of benzene rings is 2. The van der Waals surface area contributed by atoms with Gasteiger partial charge in [-0.1, -0.05) is 18.2 Å². The van der Waals surface area contributed by atoms with Crippen molar-refractivity contribution in [2.75, 3.05) is 27.9 Å². The zero-order valence-electron chi connectivity index (χ0n) is 17.3. The van der Waals surface area contributed by atoms with E-state index < -0.39 is 6.04 Å². The van der Waals surface area contributed by atoms with Crippen molar-refractivity contribution in [3.63, 3.8) is 0 Å². The van der Waals surface area contributed by atoms with Crippen LogP contribution in [0, 0.1) is 0 Å². The van der Waals surface area contributed by atoms with E-state index in [0.29, 0.717) is 17.3 Å². The first-order chi connectivity index (χ1) is 13.9. The Morgan fingerprint density at radius 3 is 2.52 bits per heavy atom. The summed E-state index contributed by atoms with van der Waals surface area (Å²) in [5, 5.41) is 5.99. The predicted molar refractivity (Wildman–Crippen MR) is 117 cm³/mol. The van der Waals surface area contributed by atoms with Crippen molar-refractivity contribution in [3.8, 4) is 5.75 Å². The quantitative estimate of drug-likeness (QED) is 0.573. The highest BCUT2D eigenvalue weighted by atomic mass is 32.1. The molecule has 2 atom stereocenters.